The number of piperidine rings is 1. The molecule has 0 bridgehead atoms. The van der Waals surface area contributed by atoms with Crippen molar-refractivity contribution in [1.82, 2.24) is 9.88 Å². The van der Waals surface area contributed by atoms with E-state index in [9.17, 15) is 14.0 Å². The Kier molecular flexibility index (Phi) is 7.94. The average Bonchev–Trinajstić information content (AvgIpc) is 2.74. The van der Waals surface area contributed by atoms with Gasteiger partial charge >= 0.3 is 12.1 Å². The summed E-state index contributed by atoms with van der Waals surface area (Å²) in [6, 6.07) is 7.22. The number of benzene rings is 1. The third-order valence-corrected chi connectivity index (χ3v) is 6.37. The van der Waals surface area contributed by atoms with Gasteiger partial charge in [0.15, 0.2) is 3.68 Å². The number of esters is 1. The van der Waals surface area contributed by atoms with Crippen molar-refractivity contribution in [3.05, 3.63) is 36.0 Å². The van der Waals surface area contributed by atoms with E-state index in [1.807, 2.05) is 18.2 Å². The quantitative estimate of drug-likeness (QED) is 0.265. The maximum absolute atomic E-state index is 14.9. The van der Waals surface area contributed by atoms with Crippen molar-refractivity contribution in [2.24, 2.45) is 5.92 Å². The van der Waals surface area contributed by atoms with Crippen LogP contribution in [0.4, 0.5) is 14.9 Å². The van der Waals surface area contributed by atoms with Crippen molar-refractivity contribution in [1.29, 1.82) is 0 Å². The van der Waals surface area contributed by atoms with Gasteiger partial charge in [-0.1, -0.05) is 13.0 Å². The van der Waals surface area contributed by atoms with Crippen LogP contribution in [-0.4, -0.2) is 60.3 Å². The minimum Gasteiger partial charge on any atom is -0.468 e. The molecule has 2 aromatic rings. The monoisotopic (exact) mass is 585 g/mol. The first-order valence-electron chi connectivity index (χ1n) is 11.4. The smallest absolute Gasteiger partial charge is 0.411 e. The van der Waals surface area contributed by atoms with Gasteiger partial charge in [0.2, 0.25) is 0 Å². The molecule has 1 unspecified atom stereocenters. The molecule has 34 heavy (non-hydrogen) atoms. The Labute approximate surface area is 214 Å². The number of fused-ring (bicyclic) bond motifs is 1. The molecule has 0 spiro atoms. The summed E-state index contributed by atoms with van der Waals surface area (Å²) < 4.78 is 23.8. The molecule has 3 atom stereocenters. The molecule has 1 saturated heterocycles. The Balaban J connectivity index is 1.98. The lowest BCUT2D eigenvalue weighted by atomic mass is 9.93. The van der Waals surface area contributed by atoms with Crippen molar-refractivity contribution in [3.63, 3.8) is 0 Å². The van der Waals surface area contributed by atoms with E-state index in [1.54, 1.807) is 55.6 Å². The Morgan fingerprint density at radius 3 is 2.56 bits per heavy atom. The zero-order valence-corrected chi connectivity index (χ0v) is 22.8. The van der Waals surface area contributed by atoms with Gasteiger partial charge in [0, 0.05) is 35.9 Å². The summed E-state index contributed by atoms with van der Waals surface area (Å²) in [4.78, 5) is 33.3. The number of hydrogen-bond acceptors (Lipinski definition) is 6. The van der Waals surface area contributed by atoms with Gasteiger partial charge in [0.1, 0.15) is 12.1 Å². The van der Waals surface area contributed by atoms with Crippen LogP contribution in [0.25, 0.3) is 10.9 Å². The molecule has 1 aliphatic heterocycles. The summed E-state index contributed by atoms with van der Waals surface area (Å²) >= 11 is 1.78. The molecule has 1 fully saturated rings. The molecule has 0 radical (unpaired) electrons. The molecule has 1 aromatic heterocycles. The number of alkyl halides is 2. The number of pyridine rings is 1. The lowest BCUT2D eigenvalue weighted by Gasteiger charge is -2.43. The predicted molar refractivity (Wildman–Crippen MR) is 139 cm³/mol. The summed E-state index contributed by atoms with van der Waals surface area (Å²) in [6.07, 6.45) is 1.84. The van der Waals surface area contributed by atoms with Gasteiger partial charge < -0.3 is 14.4 Å². The largest absolute Gasteiger partial charge is 0.468 e. The summed E-state index contributed by atoms with van der Waals surface area (Å²) in [5, 5.41) is 0.852. The fourth-order valence-electron chi connectivity index (χ4n) is 4.40. The number of rotatable bonds is 5. The first-order valence-corrected chi connectivity index (χ1v) is 12.5. The Hall–Kier alpha value is -2.17. The second kappa shape index (κ2) is 10.2. The van der Waals surface area contributed by atoms with Crippen molar-refractivity contribution in [2.75, 3.05) is 31.6 Å². The van der Waals surface area contributed by atoms with Gasteiger partial charge in [-0.15, -0.1) is 0 Å². The average molecular weight is 585 g/mol. The molecule has 2 heterocycles. The van der Waals surface area contributed by atoms with Crippen LogP contribution in [0.3, 0.4) is 0 Å². The van der Waals surface area contributed by atoms with Gasteiger partial charge in [-0.05, 0) is 80.8 Å². The predicted octanol–water partition coefficient (Wildman–Crippen LogP) is 5.44. The summed E-state index contributed by atoms with van der Waals surface area (Å²) in [6.45, 7) is 10.1. The van der Waals surface area contributed by atoms with Crippen LogP contribution in [0.5, 0.6) is 0 Å². The van der Waals surface area contributed by atoms with E-state index >= 15 is 0 Å². The van der Waals surface area contributed by atoms with E-state index in [0.29, 0.717) is 17.6 Å². The number of halogens is 2. The molecule has 0 N–H and O–H groups in total. The molecular formula is C25H33FIN3O4. The van der Waals surface area contributed by atoms with Crippen LogP contribution < -0.4 is 4.90 Å². The fraction of sp³-hybridized carbons (Fsp3) is 0.560. The van der Waals surface area contributed by atoms with Crippen molar-refractivity contribution in [2.45, 2.75) is 56.4 Å². The van der Waals surface area contributed by atoms with Crippen molar-refractivity contribution >= 4 is 51.2 Å². The van der Waals surface area contributed by atoms with Gasteiger partial charge in [0.05, 0.1) is 18.7 Å². The number of carbonyl (C=O) groups is 2. The fourth-order valence-corrected chi connectivity index (χ4v) is 4.83. The van der Waals surface area contributed by atoms with E-state index in [2.05, 4.69) is 16.8 Å². The van der Waals surface area contributed by atoms with Gasteiger partial charge in [-0.3, -0.25) is 14.7 Å². The first kappa shape index (κ1) is 26.4. The minimum absolute atomic E-state index is 0.188. The number of methoxy groups -OCH3 is 1. The zero-order chi connectivity index (χ0) is 25.3. The number of hydrogen-bond donors (Lipinski definition) is 0. The van der Waals surface area contributed by atoms with Crippen LogP contribution in [0.15, 0.2) is 30.5 Å². The van der Waals surface area contributed by atoms with Crippen LogP contribution in [0, 0.1) is 5.92 Å². The van der Waals surface area contributed by atoms with E-state index in [4.69, 9.17) is 9.47 Å². The first-order chi connectivity index (χ1) is 15.8. The second-order valence-electron chi connectivity index (χ2n) is 10.0. The Bertz CT molecular complexity index is 1050. The number of carbonyl (C=O) groups excluding carboxylic acids is 2. The molecular weight excluding hydrogens is 552 g/mol. The van der Waals surface area contributed by atoms with Crippen molar-refractivity contribution < 1.29 is 23.5 Å². The molecule has 1 amide bonds. The molecule has 1 aliphatic rings. The summed E-state index contributed by atoms with van der Waals surface area (Å²) in [7, 11) is 1.30. The highest BCUT2D eigenvalue weighted by Crippen LogP contribution is 2.40. The molecule has 3 rings (SSSR count). The second-order valence-corrected chi connectivity index (χ2v) is 12.0. The highest BCUT2D eigenvalue weighted by molar-refractivity contribution is 14.1. The highest BCUT2D eigenvalue weighted by Gasteiger charge is 2.36. The number of aromatic nitrogens is 1. The minimum atomic E-state index is -1.56. The lowest BCUT2D eigenvalue weighted by molar-refractivity contribution is -0.142. The summed E-state index contributed by atoms with van der Waals surface area (Å²) in [5.41, 5.74) is 1.37. The number of anilines is 1. The van der Waals surface area contributed by atoms with Gasteiger partial charge in [-0.2, -0.15) is 0 Å². The Morgan fingerprint density at radius 2 is 1.94 bits per heavy atom. The standard InChI is InChI=1S/C25H33FIN3O4/c1-16-12-17(30(15-21(31)33-6)23(32)34-24(2,3)4)14-29(13-16)20-10-9-19(25(5,26)27)22-18(20)8-7-11-28-22/h7-11,16-17H,12-15H2,1-6H3/t16-,17+,25?/m0/s1. The molecule has 1 aromatic carbocycles. The third-order valence-electron chi connectivity index (χ3n) is 5.79. The number of ether oxygens (including phenoxy) is 2. The third kappa shape index (κ3) is 6.28. The summed E-state index contributed by atoms with van der Waals surface area (Å²) in [5.74, 6) is -0.261. The zero-order valence-electron chi connectivity index (χ0n) is 20.6. The van der Waals surface area contributed by atoms with E-state index < -0.39 is 21.3 Å². The van der Waals surface area contributed by atoms with E-state index in [1.165, 1.54) is 18.9 Å². The number of amides is 1. The topological polar surface area (TPSA) is 72.0 Å². The molecule has 186 valence electrons. The normalized spacial score (nSPS) is 20.5. The van der Waals surface area contributed by atoms with E-state index in [0.717, 1.165) is 24.0 Å². The lowest BCUT2D eigenvalue weighted by Crippen LogP contribution is -2.55. The molecule has 9 heteroatoms. The maximum Gasteiger partial charge on any atom is 0.411 e. The van der Waals surface area contributed by atoms with Crippen LogP contribution in [-0.2, 0) is 17.9 Å². The molecule has 0 saturated carbocycles. The SMILES string of the molecule is COC(=O)CN(C(=O)OC(C)(C)C)[C@@H]1C[C@H](C)CN(c2ccc(C(C)(F)I)c3ncccc23)C1. The van der Waals surface area contributed by atoms with Crippen LogP contribution in [0.2, 0.25) is 0 Å². The van der Waals surface area contributed by atoms with E-state index in [-0.39, 0.29) is 18.5 Å². The molecule has 7 nitrogen and oxygen atoms in total. The highest BCUT2D eigenvalue weighted by atomic mass is 127. The number of nitrogens with zero attached hydrogens (tertiary/aromatic N) is 3. The van der Waals surface area contributed by atoms with Crippen molar-refractivity contribution in [3.8, 4) is 0 Å². The van der Waals surface area contributed by atoms with Gasteiger partial charge in [0.25, 0.3) is 0 Å². The van der Waals surface area contributed by atoms with Crippen LogP contribution in [0.1, 0.15) is 46.6 Å². The molecule has 0 aliphatic carbocycles. The Morgan fingerprint density at radius 1 is 1.24 bits per heavy atom. The maximum atomic E-state index is 14.9. The van der Waals surface area contributed by atoms with Gasteiger partial charge in [-0.25, -0.2) is 9.18 Å². The van der Waals surface area contributed by atoms with Crippen LogP contribution >= 0.6 is 22.6 Å².